The van der Waals surface area contributed by atoms with Gasteiger partial charge in [-0.05, 0) is 31.0 Å². The average molecular weight is 294 g/mol. The van der Waals surface area contributed by atoms with Crippen molar-refractivity contribution in [3.8, 4) is 0 Å². The van der Waals surface area contributed by atoms with Gasteiger partial charge in [-0.25, -0.2) is 14.2 Å². The molecule has 1 saturated carbocycles. The Labute approximate surface area is 120 Å². The van der Waals surface area contributed by atoms with Gasteiger partial charge in [0.2, 0.25) is 0 Å². The lowest BCUT2D eigenvalue weighted by Crippen LogP contribution is -2.05. The molecule has 1 aromatic carbocycles. The van der Waals surface area contributed by atoms with Gasteiger partial charge in [0.25, 0.3) is 0 Å². The molecule has 0 radical (unpaired) electrons. The number of aromatic carboxylic acids is 1. The van der Waals surface area contributed by atoms with Crippen molar-refractivity contribution in [1.82, 2.24) is 4.98 Å². The van der Waals surface area contributed by atoms with Gasteiger partial charge in [-0.1, -0.05) is 24.4 Å². The Morgan fingerprint density at radius 1 is 1.35 bits per heavy atom. The first kappa shape index (κ1) is 13.3. The molecule has 1 heterocycles. The molecule has 20 heavy (non-hydrogen) atoms. The number of carboxylic acid groups (broad SMARTS) is 1. The Morgan fingerprint density at radius 2 is 2.05 bits per heavy atom. The SMILES string of the molecule is O=C(O)c1cc(C2CCCC2)nc2c(F)ccc(Cl)c12. The van der Waals surface area contributed by atoms with Gasteiger partial charge >= 0.3 is 5.97 Å². The van der Waals surface area contributed by atoms with Crippen LogP contribution >= 0.6 is 11.6 Å². The summed E-state index contributed by atoms with van der Waals surface area (Å²) in [5, 5.41) is 9.75. The largest absolute Gasteiger partial charge is 0.478 e. The number of hydrogen-bond acceptors (Lipinski definition) is 2. The molecule has 3 nitrogen and oxygen atoms in total. The first-order valence-electron chi connectivity index (χ1n) is 6.60. The molecule has 0 amide bonds. The van der Waals surface area contributed by atoms with Gasteiger partial charge in [0.15, 0.2) is 0 Å². The van der Waals surface area contributed by atoms with Crippen LogP contribution in [0.25, 0.3) is 10.9 Å². The minimum Gasteiger partial charge on any atom is -0.478 e. The van der Waals surface area contributed by atoms with Gasteiger partial charge in [0, 0.05) is 17.0 Å². The molecule has 104 valence electrons. The summed E-state index contributed by atoms with van der Waals surface area (Å²) in [6, 6.07) is 4.14. The summed E-state index contributed by atoms with van der Waals surface area (Å²) in [6.07, 6.45) is 4.15. The standard InChI is InChI=1S/C15H13ClFNO2/c16-10-5-6-11(17)14-13(10)9(15(19)20)7-12(18-14)8-3-1-2-4-8/h5-8H,1-4H2,(H,19,20). The van der Waals surface area contributed by atoms with Gasteiger partial charge in [-0.2, -0.15) is 0 Å². The Kier molecular flexibility index (Phi) is 3.34. The molecular formula is C15H13ClFNO2. The average Bonchev–Trinajstić information content (AvgIpc) is 2.96. The summed E-state index contributed by atoms with van der Waals surface area (Å²) < 4.78 is 14.0. The molecule has 1 aromatic heterocycles. The maximum atomic E-state index is 14.0. The molecule has 5 heteroatoms. The van der Waals surface area contributed by atoms with Crippen LogP contribution in [0.3, 0.4) is 0 Å². The fourth-order valence-corrected chi connectivity index (χ4v) is 3.14. The highest BCUT2D eigenvalue weighted by molar-refractivity contribution is 6.36. The van der Waals surface area contributed by atoms with Gasteiger partial charge in [0.1, 0.15) is 11.3 Å². The van der Waals surface area contributed by atoms with Crippen LogP contribution in [0.4, 0.5) is 4.39 Å². The van der Waals surface area contributed by atoms with Crippen molar-refractivity contribution in [2.75, 3.05) is 0 Å². The molecule has 1 fully saturated rings. The molecule has 1 aliphatic carbocycles. The molecule has 0 bridgehead atoms. The molecule has 3 rings (SSSR count). The Bertz CT molecular complexity index is 696. The van der Waals surface area contributed by atoms with Crippen molar-refractivity contribution in [3.05, 3.63) is 40.3 Å². The summed E-state index contributed by atoms with van der Waals surface area (Å²) in [6.45, 7) is 0. The van der Waals surface area contributed by atoms with E-state index < -0.39 is 11.8 Å². The van der Waals surface area contributed by atoms with E-state index >= 15 is 0 Å². The van der Waals surface area contributed by atoms with Crippen LogP contribution in [0.5, 0.6) is 0 Å². The zero-order valence-electron chi connectivity index (χ0n) is 10.7. The van der Waals surface area contributed by atoms with E-state index in [1.807, 2.05) is 0 Å². The second-order valence-electron chi connectivity index (χ2n) is 5.13. The van der Waals surface area contributed by atoms with E-state index in [0.717, 1.165) is 25.7 Å². The van der Waals surface area contributed by atoms with Crippen LogP contribution < -0.4 is 0 Å². The third-order valence-corrected chi connectivity index (χ3v) is 4.20. The van der Waals surface area contributed by atoms with Crippen molar-refractivity contribution in [2.24, 2.45) is 0 Å². The van der Waals surface area contributed by atoms with E-state index in [2.05, 4.69) is 4.98 Å². The molecule has 1 N–H and O–H groups in total. The molecule has 2 aromatic rings. The number of halogens is 2. The normalized spacial score (nSPS) is 15.9. The highest BCUT2D eigenvalue weighted by Gasteiger charge is 2.23. The molecule has 1 aliphatic rings. The van der Waals surface area contributed by atoms with E-state index in [0.29, 0.717) is 5.69 Å². The summed E-state index contributed by atoms with van der Waals surface area (Å²) in [4.78, 5) is 15.8. The van der Waals surface area contributed by atoms with Crippen LogP contribution in [0, 0.1) is 5.82 Å². The monoisotopic (exact) mass is 293 g/mol. The quantitative estimate of drug-likeness (QED) is 0.893. The molecule has 0 aliphatic heterocycles. The number of carboxylic acids is 1. The summed E-state index contributed by atoms with van der Waals surface area (Å²) >= 11 is 6.02. The van der Waals surface area contributed by atoms with Gasteiger partial charge in [-0.15, -0.1) is 0 Å². The first-order valence-corrected chi connectivity index (χ1v) is 6.97. The van der Waals surface area contributed by atoms with Crippen molar-refractivity contribution in [1.29, 1.82) is 0 Å². The van der Waals surface area contributed by atoms with Gasteiger partial charge < -0.3 is 5.11 Å². The van der Waals surface area contributed by atoms with Crippen LogP contribution in [0.2, 0.25) is 5.02 Å². The van der Waals surface area contributed by atoms with Crippen molar-refractivity contribution in [3.63, 3.8) is 0 Å². The Balaban J connectivity index is 2.30. The van der Waals surface area contributed by atoms with Crippen LogP contribution in [0.1, 0.15) is 47.7 Å². The van der Waals surface area contributed by atoms with E-state index in [4.69, 9.17) is 11.6 Å². The van der Waals surface area contributed by atoms with Gasteiger partial charge in [-0.3, -0.25) is 0 Å². The minimum atomic E-state index is -1.11. The predicted octanol–water partition coefficient (Wildman–Crippen LogP) is 4.38. The number of carbonyl (C=O) groups is 1. The van der Waals surface area contributed by atoms with Crippen LogP contribution in [-0.2, 0) is 0 Å². The maximum Gasteiger partial charge on any atom is 0.336 e. The fourth-order valence-electron chi connectivity index (χ4n) is 2.89. The lowest BCUT2D eigenvalue weighted by Gasteiger charge is -2.13. The lowest BCUT2D eigenvalue weighted by atomic mass is 9.99. The number of benzene rings is 1. The number of hydrogen-bond donors (Lipinski definition) is 1. The topological polar surface area (TPSA) is 50.2 Å². The molecule has 0 saturated heterocycles. The van der Waals surface area contributed by atoms with Gasteiger partial charge in [0.05, 0.1) is 10.6 Å². The first-order chi connectivity index (χ1) is 9.58. The van der Waals surface area contributed by atoms with Crippen molar-refractivity contribution < 1.29 is 14.3 Å². The molecule has 0 spiro atoms. The Hall–Kier alpha value is -1.68. The zero-order chi connectivity index (χ0) is 14.3. The smallest absolute Gasteiger partial charge is 0.336 e. The predicted molar refractivity (Wildman–Crippen MR) is 74.9 cm³/mol. The van der Waals surface area contributed by atoms with E-state index in [1.165, 1.54) is 12.1 Å². The van der Waals surface area contributed by atoms with Crippen molar-refractivity contribution in [2.45, 2.75) is 31.6 Å². The van der Waals surface area contributed by atoms with Crippen LogP contribution in [-0.4, -0.2) is 16.1 Å². The highest BCUT2D eigenvalue weighted by atomic mass is 35.5. The van der Waals surface area contributed by atoms with E-state index in [-0.39, 0.29) is 27.4 Å². The molecular weight excluding hydrogens is 281 g/mol. The third-order valence-electron chi connectivity index (χ3n) is 3.88. The maximum absolute atomic E-state index is 14.0. The highest BCUT2D eigenvalue weighted by Crippen LogP contribution is 2.36. The van der Waals surface area contributed by atoms with Crippen LogP contribution in [0.15, 0.2) is 18.2 Å². The van der Waals surface area contributed by atoms with Crippen molar-refractivity contribution >= 4 is 28.5 Å². The third kappa shape index (κ3) is 2.14. The number of pyridine rings is 1. The second kappa shape index (κ2) is 5.02. The minimum absolute atomic E-state index is 0.0291. The summed E-state index contributed by atoms with van der Waals surface area (Å²) in [5.41, 5.74) is 0.745. The molecule has 0 unspecified atom stereocenters. The lowest BCUT2D eigenvalue weighted by molar-refractivity contribution is 0.0699. The number of rotatable bonds is 2. The second-order valence-corrected chi connectivity index (χ2v) is 5.54. The number of nitrogens with zero attached hydrogens (tertiary/aromatic N) is 1. The van der Waals surface area contributed by atoms with E-state index in [9.17, 15) is 14.3 Å². The molecule has 0 atom stereocenters. The number of aromatic nitrogens is 1. The fraction of sp³-hybridized carbons (Fsp3) is 0.333. The zero-order valence-corrected chi connectivity index (χ0v) is 11.5. The van der Waals surface area contributed by atoms with E-state index in [1.54, 1.807) is 6.07 Å². The summed E-state index contributed by atoms with van der Waals surface area (Å²) in [7, 11) is 0. The summed E-state index contributed by atoms with van der Waals surface area (Å²) in [5.74, 6) is -1.42. The Morgan fingerprint density at radius 3 is 2.70 bits per heavy atom. The number of fused-ring (bicyclic) bond motifs is 1.